The molecule has 1 aliphatic rings. The number of nitrogens with one attached hydrogen (secondary N) is 1. The standard InChI is InChI=1S/C11H13NO3S/c1-6-11(13)12-7-4-8(14-2)9(15-3)5-10(7)16-6/h4-6H,1-3H3,(H,12,13). The van der Waals surface area contributed by atoms with Gasteiger partial charge in [0.15, 0.2) is 11.5 Å². The Hall–Kier alpha value is -1.36. The van der Waals surface area contributed by atoms with Gasteiger partial charge in [-0.1, -0.05) is 0 Å². The van der Waals surface area contributed by atoms with Gasteiger partial charge in [0, 0.05) is 11.0 Å². The van der Waals surface area contributed by atoms with Crippen molar-refractivity contribution in [1.29, 1.82) is 0 Å². The molecule has 0 spiro atoms. The van der Waals surface area contributed by atoms with E-state index in [9.17, 15) is 4.79 Å². The van der Waals surface area contributed by atoms with Crippen LogP contribution in [0.2, 0.25) is 0 Å². The largest absolute Gasteiger partial charge is 0.493 e. The van der Waals surface area contributed by atoms with Gasteiger partial charge in [-0.05, 0) is 13.0 Å². The lowest BCUT2D eigenvalue weighted by atomic mass is 10.2. The highest BCUT2D eigenvalue weighted by atomic mass is 32.2. The molecule has 1 N–H and O–H groups in total. The number of amides is 1. The fraction of sp³-hybridized carbons (Fsp3) is 0.364. The van der Waals surface area contributed by atoms with E-state index in [0.717, 1.165) is 10.6 Å². The summed E-state index contributed by atoms with van der Waals surface area (Å²) in [5.41, 5.74) is 0.783. The van der Waals surface area contributed by atoms with Crippen LogP contribution in [0.1, 0.15) is 6.92 Å². The lowest BCUT2D eigenvalue weighted by Gasteiger charge is -2.22. The molecule has 4 nitrogen and oxygen atoms in total. The number of anilines is 1. The normalized spacial score (nSPS) is 18.7. The zero-order valence-corrected chi connectivity index (χ0v) is 10.2. The van der Waals surface area contributed by atoms with Crippen molar-refractivity contribution in [2.75, 3.05) is 19.5 Å². The maximum Gasteiger partial charge on any atom is 0.237 e. The molecule has 1 aliphatic heterocycles. The molecule has 0 bridgehead atoms. The summed E-state index contributed by atoms with van der Waals surface area (Å²) in [5.74, 6) is 1.32. The maximum atomic E-state index is 11.5. The molecule has 0 saturated heterocycles. The summed E-state index contributed by atoms with van der Waals surface area (Å²) in [6, 6.07) is 3.67. The van der Waals surface area contributed by atoms with E-state index >= 15 is 0 Å². The molecular weight excluding hydrogens is 226 g/mol. The molecule has 0 radical (unpaired) electrons. The van der Waals surface area contributed by atoms with Gasteiger partial charge < -0.3 is 14.8 Å². The molecule has 0 aliphatic carbocycles. The van der Waals surface area contributed by atoms with E-state index in [-0.39, 0.29) is 11.2 Å². The van der Waals surface area contributed by atoms with E-state index in [2.05, 4.69) is 5.32 Å². The average molecular weight is 239 g/mol. The van der Waals surface area contributed by atoms with Crippen molar-refractivity contribution in [3.63, 3.8) is 0 Å². The van der Waals surface area contributed by atoms with Crippen LogP contribution < -0.4 is 14.8 Å². The van der Waals surface area contributed by atoms with E-state index < -0.39 is 0 Å². The Kier molecular flexibility index (Phi) is 2.96. The van der Waals surface area contributed by atoms with Crippen molar-refractivity contribution in [2.45, 2.75) is 17.1 Å². The second-order valence-electron chi connectivity index (χ2n) is 3.45. The van der Waals surface area contributed by atoms with Crippen LogP contribution in [0.5, 0.6) is 11.5 Å². The summed E-state index contributed by atoms with van der Waals surface area (Å²) < 4.78 is 10.4. The molecule has 1 unspecified atom stereocenters. The number of carbonyl (C=O) groups excluding carboxylic acids is 1. The highest BCUT2D eigenvalue weighted by Gasteiger charge is 2.24. The van der Waals surface area contributed by atoms with Gasteiger partial charge >= 0.3 is 0 Å². The third-order valence-electron chi connectivity index (χ3n) is 2.42. The Balaban J connectivity index is 2.45. The summed E-state index contributed by atoms with van der Waals surface area (Å²) in [6.07, 6.45) is 0. The smallest absolute Gasteiger partial charge is 0.237 e. The first-order valence-electron chi connectivity index (χ1n) is 4.89. The van der Waals surface area contributed by atoms with Crippen LogP contribution in [0.15, 0.2) is 17.0 Å². The first kappa shape index (κ1) is 11.1. The molecule has 2 rings (SSSR count). The lowest BCUT2D eigenvalue weighted by Crippen LogP contribution is -2.26. The predicted molar refractivity (Wildman–Crippen MR) is 63.5 cm³/mol. The van der Waals surface area contributed by atoms with E-state index in [0.29, 0.717) is 11.5 Å². The molecular formula is C11H13NO3S. The lowest BCUT2D eigenvalue weighted by molar-refractivity contribution is -0.115. The summed E-state index contributed by atoms with van der Waals surface area (Å²) in [7, 11) is 3.17. The van der Waals surface area contributed by atoms with E-state index in [4.69, 9.17) is 9.47 Å². The topological polar surface area (TPSA) is 47.6 Å². The van der Waals surface area contributed by atoms with Gasteiger partial charge in [0.25, 0.3) is 0 Å². The van der Waals surface area contributed by atoms with Gasteiger partial charge in [-0.3, -0.25) is 4.79 Å². The number of methoxy groups -OCH3 is 2. The molecule has 5 heteroatoms. The molecule has 1 heterocycles. The average Bonchev–Trinajstić information content (AvgIpc) is 2.29. The van der Waals surface area contributed by atoms with Gasteiger partial charge in [-0.2, -0.15) is 0 Å². The van der Waals surface area contributed by atoms with Crippen molar-refractivity contribution in [3.8, 4) is 11.5 Å². The number of hydrogen-bond acceptors (Lipinski definition) is 4. The van der Waals surface area contributed by atoms with Gasteiger partial charge in [-0.25, -0.2) is 0 Å². The second-order valence-corrected chi connectivity index (χ2v) is 4.84. The second kappa shape index (κ2) is 4.25. The van der Waals surface area contributed by atoms with Crippen molar-refractivity contribution >= 4 is 23.4 Å². The molecule has 0 saturated carbocycles. The zero-order valence-electron chi connectivity index (χ0n) is 9.37. The molecule has 0 aromatic heterocycles. The molecule has 0 fully saturated rings. The summed E-state index contributed by atoms with van der Waals surface area (Å²) in [5, 5.41) is 2.76. The van der Waals surface area contributed by atoms with Crippen molar-refractivity contribution in [2.24, 2.45) is 0 Å². The van der Waals surface area contributed by atoms with Crippen LogP contribution >= 0.6 is 11.8 Å². The van der Waals surface area contributed by atoms with Crippen LogP contribution in [-0.4, -0.2) is 25.4 Å². The third-order valence-corrected chi connectivity index (χ3v) is 3.58. The molecule has 1 atom stereocenters. The van der Waals surface area contributed by atoms with Crippen LogP contribution in [-0.2, 0) is 4.79 Å². The minimum atomic E-state index is -0.0781. The number of carbonyl (C=O) groups is 1. The van der Waals surface area contributed by atoms with Crippen LogP contribution in [0.4, 0.5) is 5.69 Å². The molecule has 86 valence electrons. The van der Waals surface area contributed by atoms with Gasteiger partial charge in [0.2, 0.25) is 5.91 Å². The number of benzene rings is 1. The van der Waals surface area contributed by atoms with Crippen molar-refractivity contribution in [1.82, 2.24) is 0 Å². The fourth-order valence-electron chi connectivity index (χ4n) is 1.53. The molecule has 1 aromatic rings. The van der Waals surface area contributed by atoms with E-state index in [1.165, 1.54) is 11.8 Å². The minimum Gasteiger partial charge on any atom is -0.493 e. The fourth-order valence-corrected chi connectivity index (χ4v) is 2.49. The number of fused-ring (bicyclic) bond motifs is 1. The molecule has 1 aromatic carbocycles. The van der Waals surface area contributed by atoms with Crippen LogP contribution in [0.25, 0.3) is 0 Å². The number of thioether (sulfide) groups is 1. The van der Waals surface area contributed by atoms with Crippen molar-refractivity contribution < 1.29 is 14.3 Å². The minimum absolute atomic E-state index is 0.0183. The van der Waals surface area contributed by atoms with Crippen LogP contribution in [0, 0.1) is 0 Å². The quantitative estimate of drug-likeness (QED) is 0.859. The SMILES string of the molecule is COc1cc2c(cc1OC)SC(C)C(=O)N2. The Morgan fingerprint density at radius 1 is 1.25 bits per heavy atom. The summed E-state index contributed by atoms with van der Waals surface area (Å²) in [4.78, 5) is 12.5. The highest BCUT2D eigenvalue weighted by molar-refractivity contribution is 8.01. The first-order valence-corrected chi connectivity index (χ1v) is 5.77. The Morgan fingerprint density at radius 2 is 1.88 bits per heavy atom. The predicted octanol–water partition coefficient (Wildman–Crippen LogP) is 2.14. The zero-order chi connectivity index (χ0) is 11.7. The Bertz CT molecular complexity index is 433. The Morgan fingerprint density at radius 3 is 2.50 bits per heavy atom. The number of ether oxygens (including phenoxy) is 2. The van der Waals surface area contributed by atoms with Gasteiger partial charge in [0.1, 0.15) is 0 Å². The number of hydrogen-bond donors (Lipinski definition) is 1. The highest BCUT2D eigenvalue weighted by Crippen LogP contribution is 2.42. The van der Waals surface area contributed by atoms with Gasteiger partial charge in [-0.15, -0.1) is 11.8 Å². The van der Waals surface area contributed by atoms with Gasteiger partial charge in [0.05, 0.1) is 25.2 Å². The molecule has 1 amide bonds. The van der Waals surface area contributed by atoms with Crippen molar-refractivity contribution in [3.05, 3.63) is 12.1 Å². The Labute approximate surface area is 98.3 Å². The first-order chi connectivity index (χ1) is 7.65. The summed E-state index contributed by atoms with van der Waals surface area (Å²) in [6.45, 7) is 1.87. The maximum absolute atomic E-state index is 11.5. The monoisotopic (exact) mass is 239 g/mol. The molecule has 16 heavy (non-hydrogen) atoms. The van der Waals surface area contributed by atoms with E-state index in [1.807, 2.05) is 13.0 Å². The van der Waals surface area contributed by atoms with Crippen LogP contribution in [0.3, 0.4) is 0 Å². The summed E-state index contributed by atoms with van der Waals surface area (Å²) >= 11 is 1.52. The third kappa shape index (κ3) is 1.82. The number of rotatable bonds is 2. The van der Waals surface area contributed by atoms with E-state index in [1.54, 1.807) is 20.3 Å².